The molecule has 0 fully saturated rings. The van der Waals surface area contributed by atoms with Gasteiger partial charge in [-0.3, -0.25) is 4.79 Å². The van der Waals surface area contributed by atoms with Crippen molar-refractivity contribution in [1.82, 2.24) is 13.3 Å². The maximum Gasteiger partial charge on any atom is 0.308 e. The Labute approximate surface area is 153 Å². The maximum atomic E-state index is 12.5. The minimum atomic E-state index is -3.79. The smallest absolute Gasteiger partial charge is 0.308 e. The minimum Gasteiger partial charge on any atom is -0.508 e. The molecule has 1 N–H and O–H groups in total. The minimum absolute atomic E-state index is 0.0534. The number of nitrogens with zero attached hydrogens (tertiary/aromatic N) is 3. The number of para-hydroxylation sites is 1. The molecule has 1 heterocycles. The van der Waals surface area contributed by atoms with Crippen molar-refractivity contribution in [3.05, 3.63) is 48.0 Å². The Balaban J connectivity index is 2.44. The molecule has 0 saturated heterocycles. The summed E-state index contributed by atoms with van der Waals surface area (Å²) in [5.41, 5.74) is 0.596. The van der Waals surface area contributed by atoms with Gasteiger partial charge in [0.15, 0.2) is 0 Å². The van der Waals surface area contributed by atoms with Gasteiger partial charge in [-0.05, 0) is 25.0 Å². The summed E-state index contributed by atoms with van der Waals surface area (Å²) in [6.07, 6.45) is 2.90. The number of hydrogen-bond acceptors (Lipinski definition) is 6. The first-order chi connectivity index (χ1) is 12.3. The van der Waals surface area contributed by atoms with Crippen LogP contribution in [0.1, 0.15) is 30.7 Å². The summed E-state index contributed by atoms with van der Waals surface area (Å²) >= 11 is 0. The number of carbonyl (C=O) groups is 1. The van der Waals surface area contributed by atoms with E-state index >= 15 is 0 Å². The van der Waals surface area contributed by atoms with E-state index in [1.807, 2.05) is 0 Å². The van der Waals surface area contributed by atoms with E-state index in [1.54, 1.807) is 31.2 Å². The Bertz CT molecular complexity index is 861. The van der Waals surface area contributed by atoms with E-state index in [4.69, 9.17) is 4.74 Å². The molecule has 1 aromatic heterocycles. The molecule has 1 unspecified atom stereocenters. The summed E-state index contributed by atoms with van der Waals surface area (Å²) in [6.45, 7) is 1.93. The molecule has 0 radical (unpaired) electrons. The van der Waals surface area contributed by atoms with Crippen molar-refractivity contribution in [3.8, 4) is 5.75 Å². The van der Waals surface area contributed by atoms with Crippen molar-refractivity contribution in [3.63, 3.8) is 0 Å². The molecule has 142 valence electrons. The van der Waals surface area contributed by atoms with E-state index in [0.29, 0.717) is 5.56 Å². The number of phenols is 1. The molecule has 0 aliphatic rings. The molecule has 2 rings (SSSR count). The number of imidazole rings is 1. The van der Waals surface area contributed by atoms with Crippen LogP contribution in [0, 0.1) is 0 Å². The normalized spacial score (nSPS) is 12.9. The Kier molecular flexibility index (Phi) is 6.38. The SMILES string of the molecule is CCOC(=O)CC(Cc1ccccc1O)c1nccn1S(=O)(=O)N(C)C. The molecule has 1 atom stereocenters. The van der Waals surface area contributed by atoms with Crippen molar-refractivity contribution in [2.45, 2.75) is 25.7 Å². The molecule has 2 aromatic rings. The Morgan fingerprint density at radius 1 is 1.35 bits per heavy atom. The van der Waals surface area contributed by atoms with Crippen molar-refractivity contribution in [2.24, 2.45) is 0 Å². The topological polar surface area (TPSA) is 102 Å². The second-order valence-electron chi connectivity index (χ2n) is 5.91. The number of ether oxygens (including phenoxy) is 1. The lowest BCUT2D eigenvalue weighted by Crippen LogP contribution is -2.31. The third kappa shape index (κ3) is 4.41. The summed E-state index contributed by atoms with van der Waals surface area (Å²) in [5.74, 6) is -0.735. The fourth-order valence-corrected chi connectivity index (χ4v) is 3.58. The summed E-state index contributed by atoms with van der Waals surface area (Å²) in [7, 11) is -0.949. The fraction of sp³-hybridized carbons (Fsp3) is 0.412. The lowest BCUT2D eigenvalue weighted by Gasteiger charge is -2.20. The number of aromatic nitrogens is 2. The van der Waals surface area contributed by atoms with Gasteiger partial charge in [-0.25, -0.2) is 8.96 Å². The van der Waals surface area contributed by atoms with E-state index in [0.717, 1.165) is 8.28 Å². The molecule has 0 aliphatic heterocycles. The van der Waals surface area contributed by atoms with Crippen molar-refractivity contribution in [2.75, 3.05) is 20.7 Å². The number of aromatic hydroxyl groups is 1. The van der Waals surface area contributed by atoms with Crippen LogP contribution < -0.4 is 0 Å². The molecule has 8 nitrogen and oxygen atoms in total. The van der Waals surface area contributed by atoms with Crippen molar-refractivity contribution >= 4 is 16.2 Å². The predicted molar refractivity (Wildman–Crippen MR) is 96.0 cm³/mol. The molecule has 0 bridgehead atoms. The van der Waals surface area contributed by atoms with E-state index in [9.17, 15) is 18.3 Å². The molecule has 9 heteroatoms. The standard InChI is InChI=1S/C17H23N3O5S/c1-4-25-16(22)12-14(11-13-7-5-6-8-15(13)21)17-18-9-10-20(17)26(23,24)19(2)3/h5-10,14,21H,4,11-12H2,1-3H3. The lowest BCUT2D eigenvalue weighted by atomic mass is 9.95. The van der Waals surface area contributed by atoms with Crippen LogP contribution in [-0.2, 0) is 26.2 Å². The van der Waals surface area contributed by atoms with Crippen LogP contribution in [0.15, 0.2) is 36.7 Å². The second-order valence-corrected chi connectivity index (χ2v) is 7.93. The highest BCUT2D eigenvalue weighted by atomic mass is 32.2. The number of hydrogen-bond donors (Lipinski definition) is 1. The summed E-state index contributed by atoms with van der Waals surface area (Å²) in [4.78, 5) is 16.2. The van der Waals surface area contributed by atoms with Gasteiger partial charge in [0.05, 0.1) is 13.0 Å². The molecule has 1 aromatic carbocycles. The third-order valence-electron chi connectivity index (χ3n) is 3.89. The molecule has 0 spiro atoms. The van der Waals surface area contributed by atoms with Crippen LogP contribution >= 0.6 is 0 Å². The van der Waals surface area contributed by atoms with Gasteiger partial charge in [0, 0.05) is 32.4 Å². The largest absolute Gasteiger partial charge is 0.508 e. The number of rotatable bonds is 8. The second kappa shape index (κ2) is 8.33. The van der Waals surface area contributed by atoms with E-state index in [-0.39, 0.29) is 31.0 Å². The molecule has 0 aliphatic carbocycles. The van der Waals surface area contributed by atoms with Gasteiger partial charge in [-0.1, -0.05) is 18.2 Å². The van der Waals surface area contributed by atoms with Gasteiger partial charge >= 0.3 is 16.2 Å². The summed E-state index contributed by atoms with van der Waals surface area (Å²) in [5, 5.41) is 10.0. The molecular weight excluding hydrogens is 358 g/mol. The van der Waals surface area contributed by atoms with Gasteiger partial charge < -0.3 is 9.84 Å². The Hall–Kier alpha value is -2.39. The third-order valence-corrected chi connectivity index (χ3v) is 5.61. The monoisotopic (exact) mass is 381 g/mol. The van der Waals surface area contributed by atoms with Crippen molar-refractivity contribution < 1.29 is 23.1 Å². The molecule has 0 saturated carbocycles. The number of carbonyl (C=O) groups excluding carboxylic acids is 1. The highest BCUT2D eigenvalue weighted by Gasteiger charge is 2.28. The zero-order valence-electron chi connectivity index (χ0n) is 15.0. The highest BCUT2D eigenvalue weighted by Crippen LogP contribution is 2.29. The quantitative estimate of drug-likeness (QED) is 0.696. The predicted octanol–water partition coefficient (Wildman–Crippen LogP) is 1.52. The maximum absolute atomic E-state index is 12.5. The number of benzene rings is 1. The van der Waals surface area contributed by atoms with Crippen LogP contribution in [-0.4, -0.2) is 53.5 Å². The fourth-order valence-electron chi connectivity index (χ4n) is 2.58. The summed E-state index contributed by atoms with van der Waals surface area (Å²) < 4.78 is 32.2. The van der Waals surface area contributed by atoms with Crippen LogP contribution in [0.5, 0.6) is 5.75 Å². The Morgan fingerprint density at radius 2 is 2.04 bits per heavy atom. The van der Waals surface area contributed by atoms with E-state index in [1.165, 1.54) is 26.5 Å². The summed E-state index contributed by atoms with van der Waals surface area (Å²) in [6, 6.07) is 6.72. The lowest BCUT2D eigenvalue weighted by molar-refractivity contribution is -0.143. The average molecular weight is 381 g/mol. The first-order valence-corrected chi connectivity index (χ1v) is 9.55. The van der Waals surface area contributed by atoms with Crippen LogP contribution in [0.3, 0.4) is 0 Å². The molecular formula is C17H23N3O5S. The van der Waals surface area contributed by atoms with Gasteiger partial charge in [0.1, 0.15) is 11.6 Å². The number of esters is 1. The van der Waals surface area contributed by atoms with Gasteiger partial charge in [-0.15, -0.1) is 0 Å². The van der Waals surface area contributed by atoms with Gasteiger partial charge in [0.25, 0.3) is 0 Å². The Morgan fingerprint density at radius 3 is 2.65 bits per heavy atom. The van der Waals surface area contributed by atoms with E-state index in [2.05, 4.69) is 4.98 Å². The van der Waals surface area contributed by atoms with Gasteiger partial charge in [0.2, 0.25) is 0 Å². The van der Waals surface area contributed by atoms with E-state index < -0.39 is 22.1 Å². The number of phenolic OH excluding ortho intramolecular Hbond substituents is 1. The van der Waals surface area contributed by atoms with Crippen LogP contribution in [0.25, 0.3) is 0 Å². The zero-order chi connectivity index (χ0) is 19.3. The van der Waals surface area contributed by atoms with Gasteiger partial charge in [-0.2, -0.15) is 12.7 Å². The first kappa shape index (κ1) is 19.9. The van der Waals surface area contributed by atoms with Crippen molar-refractivity contribution in [1.29, 1.82) is 0 Å². The highest BCUT2D eigenvalue weighted by molar-refractivity contribution is 7.87. The average Bonchev–Trinajstić information content (AvgIpc) is 3.06. The molecule has 0 amide bonds. The first-order valence-electron chi connectivity index (χ1n) is 8.16. The molecule has 26 heavy (non-hydrogen) atoms. The van der Waals surface area contributed by atoms with Crippen LogP contribution in [0.2, 0.25) is 0 Å². The zero-order valence-corrected chi connectivity index (χ0v) is 15.8. The van der Waals surface area contributed by atoms with Crippen LogP contribution in [0.4, 0.5) is 0 Å².